The Morgan fingerprint density at radius 2 is 2.06 bits per heavy atom. The zero-order valence-corrected chi connectivity index (χ0v) is 11.3. The Morgan fingerprint density at radius 1 is 1.33 bits per heavy atom. The van der Waals surface area contributed by atoms with Crippen molar-refractivity contribution in [1.29, 1.82) is 0 Å². The van der Waals surface area contributed by atoms with Gasteiger partial charge in [0.25, 0.3) is 0 Å². The van der Waals surface area contributed by atoms with Crippen LogP contribution < -0.4 is 5.32 Å². The second-order valence-corrected chi connectivity index (χ2v) is 5.35. The van der Waals surface area contributed by atoms with Crippen molar-refractivity contribution in [2.24, 2.45) is 0 Å². The SMILES string of the molecule is CNc1cc(C2CC2)nc2c(F)cc(Br)c(F)c12. The zero-order valence-electron chi connectivity index (χ0n) is 9.73. The largest absolute Gasteiger partial charge is 0.387 e. The second kappa shape index (κ2) is 4.16. The molecule has 18 heavy (non-hydrogen) atoms. The molecule has 0 aliphatic heterocycles. The quantitative estimate of drug-likeness (QED) is 0.841. The van der Waals surface area contributed by atoms with E-state index in [1.165, 1.54) is 0 Å². The zero-order chi connectivity index (χ0) is 12.9. The second-order valence-electron chi connectivity index (χ2n) is 4.50. The van der Waals surface area contributed by atoms with E-state index in [9.17, 15) is 8.78 Å². The van der Waals surface area contributed by atoms with Gasteiger partial charge in [-0.15, -0.1) is 0 Å². The number of aromatic nitrogens is 1. The van der Waals surface area contributed by atoms with Gasteiger partial charge in [0.15, 0.2) is 5.82 Å². The van der Waals surface area contributed by atoms with E-state index < -0.39 is 11.6 Å². The molecule has 0 spiro atoms. The minimum absolute atomic E-state index is 0.101. The van der Waals surface area contributed by atoms with Crippen LogP contribution in [-0.4, -0.2) is 12.0 Å². The molecule has 1 aliphatic carbocycles. The average molecular weight is 313 g/mol. The first kappa shape index (κ1) is 11.8. The number of benzene rings is 1. The van der Waals surface area contributed by atoms with E-state index in [1.54, 1.807) is 7.05 Å². The highest BCUT2D eigenvalue weighted by Gasteiger charge is 2.27. The Hall–Kier alpha value is -1.23. The van der Waals surface area contributed by atoms with Crippen LogP contribution in [0.25, 0.3) is 10.9 Å². The summed E-state index contributed by atoms with van der Waals surface area (Å²) in [5.41, 5.74) is 1.52. The van der Waals surface area contributed by atoms with Gasteiger partial charge in [0.05, 0.1) is 9.86 Å². The van der Waals surface area contributed by atoms with Crippen molar-refractivity contribution in [3.63, 3.8) is 0 Å². The van der Waals surface area contributed by atoms with Gasteiger partial charge in [0.2, 0.25) is 0 Å². The molecule has 1 N–H and O–H groups in total. The van der Waals surface area contributed by atoms with E-state index >= 15 is 0 Å². The van der Waals surface area contributed by atoms with Gasteiger partial charge in [-0.2, -0.15) is 0 Å². The van der Waals surface area contributed by atoms with Gasteiger partial charge in [-0.05, 0) is 40.9 Å². The van der Waals surface area contributed by atoms with E-state index in [-0.39, 0.29) is 15.4 Å². The van der Waals surface area contributed by atoms with E-state index in [0.29, 0.717) is 11.6 Å². The first-order valence-corrected chi connectivity index (χ1v) is 6.57. The van der Waals surface area contributed by atoms with Gasteiger partial charge in [-0.1, -0.05) is 0 Å². The molecule has 1 fully saturated rings. The van der Waals surface area contributed by atoms with Gasteiger partial charge in [0.1, 0.15) is 11.3 Å². The lowest BCUT2D eigenvalue weighted by molar-refractivity contribution is 0.609. The number of pyridine rings is 1. The molecule has 0 atom stereocenters. The number of fused-ring (bicyclic) bond motifs is 1. The van der Waals surface area contributed by atoms with Crippen LogP contribution >= 0.6 is 15.9 Å². The molecule has 1 aromatic heterocycles. The van der Waals surface area contributed by atoms with Gasteiger partial charge < -0.3 is 5.32 Å². The molecule has 0 saturated heterocycles. The summed E-state index contributed by atoms with van der Waals surface area (Å²) in [5.74, 6) is -0.588. The highest BCUT2D eigenvalue weighted by atomic mass is 79.9. The third kappa shape index (κ3) is 1.77. The maximum atomic E-state index is 14.1. The molecule has 0 radical (unpaired) electrons. The van der Waals surface area contributed by atoms with Crippen LogP contribution in [0.5, 0.6) is 0 Å². The van der Waals surface area contributed by atoms with Crippen LogP contribution in [0.1, 0.15) is 24.5 Å². The number of anilines is 1. The minimum Gasteiger partial charge on any atom is -0.387 e. The standard InChI is InChI=1S/C13H11BrF2N2/c1-17-10-5-9(6-2-3-6)18-13-8(15)4-7(14)12(16)11(10)13/h4-6H,2-3H2,1H3,(H,17,18). The number of hydrogen-bond acceptors (Lipinski definition) is 2. The van der Waals surface area contributed by atoms with Gasteiger partial charge in [-0.25, -0.2) is 13.8 Å². The van der Waals surface area contributed by atoms with Crippen molar-refractivity contribution in [3.8, 4) is 0 Å². The Labute approximate surface area is 112 Å². The number of nitrogens with one attached hydrogen (secondary N) is 1. The number of rotatable bonds is 2. The van der Waals surface area contributed by atoms with Crippen molar-refractivity contribution in [2.45, 2.75) is 18.8 Å². The van der Waals surface area contributed by atoms with Crippen LogP contribution in [0.4, 0.5) is 14.5 Å². The summed E-state index contributed by atoms with van der Waals surface area (Å²) in [6.45, 7) is 0. The van der Waals surface area contributed by atoms with Crippen molar-refractivity contribution < 1.29 is 8.78 Å². The molecule has 5 heteroatoms. The molecule has 1 heterocycles. The molecule has 0 bridgehead atoms. The molecule has 1 aliphatic rings. The Bertz CT molecular complexity index is 639. The monoisotopic (exact) mass is 312 g/mol. The van der Waals surface area contributed by atoms with Crippen molar-refractivity contribution in [1.82, 2.24) is 4.98 Å². The molecule has 3 rings (SSSR count). The third-order valence-corrected chi connectivity index (χ3v) is 3.79. The van der Waals surface area contributed by atoms with Crippen molar-refractivity contribution in [3.05, 3.63) is 33.9 Å². The van der Waals surface area contributed by atoms with Crippen LogP contribution in [0.2, 0.25) is 0 Å². The van der Waals surface area contributed by atoms with E-state index in [4.69, 9.17) is 0 Å². The van der Waals surface area contributed by atoms with Crippen LogP contribution in [-0.2, 0) is 0 Å². The predicted molar refractivity (Wildman–Crippen MR) is 70.9 cm³/mol. The van der Waals surface area contributed by atoms with E-state index in [2.05, 4.69) is 26.2 Å². The molecule has 1 saturated carbocycles. The fraction of sp³-hybridized carbons (Fsp3) is 0.308. The van der Waals surface area contributed by atoms with E-state index in [0.717, 1.165) is 24.6 Å². The van der Waals surface area contributed by atoms with Gasteiger partial charge >= 0.3 is 0 Å². The lowest BCUT2D eigenvalue weighted by Gasteiger charge is -2.11. The Balaban J connectivity index is 2.38. The fourth-order valence-corrected chi connectivity index (χ4v) is 2.51. The lowest BCUT2D eigenvalue weighted by Crippen LogP contribution is -2.00. The van der Waals surface area contributed by atoms with Crippen LogP contribution in [0.3, 0.4) is 0 Å². The first-order chi connectivity index (χ1) is 8.61. The minimum atomic E-state index is -0.503. The maximum Gasteiger partial charge on any atom is 0.150 e. The molecular formula is C13H11BrF2N2. The van der Waals surface area contributed by atoms with Gasteiger partial charge in [0, 0.05) is 24.3 Å². The normalized spacial score (nSPS) is 15.1. The summed E-state index contributed by atoms with van der Waals surface area (Å²) < 4.78 is 28.1. The van der Waals surface area contributed by atoms with Gasteiger partial charge in [-0.3, -0.25) is 0 Å². The highest BCUT2D eigenvalue weighted by Crippen LogP contribution is 2.42. The third-order valence-electron chi connectivity index (χ3n) is 3.21. The molecule has 1 aromatic carbocycles. The Kier molecular flexibility index (Phi) is 2.73. The maximum absolute atomic E-state index is 14.1. The van der Waals surface area contributed by atoms with Crippen LogP contribution in [0.15, 0.2) is 16.6 Å². The van der Waals surface area contributed by atoms with E-state index in [1.807, 2.05) is 6.07 Å². The first-order valence-electron chi connectivity index (χ1n) is 5.77. The summed E-state index contributed by atoms with van der Waals surface area (Å²) in [7, 11) is 1.70. The topological polar surface area (TPSA) is 24.9 Å². The summed E-state index contributed by atoms with van der Waals surface area (Å²) in [6.07, 6.45) is 2.14. The Morgan fingerprint density at radius 3 is 2.67 bits per heavy atom. The summed E-state index contributed by atoms with van der Waals surface area (Å²) >= 11 is 3.02. The molecule has 2 nitrogen and oxygen atoms in total. The van der Waals surface area contributed by atoms with Crippen LogP contribution in [0, 0.1) is 11.6 Å². The van der Waals surface area contributed by atoms with Crippen molar-refractivity contribution >= 4 is 32.5 Å². The summed E-state index contributed by atoms with van der Waals surface area (Å²) in [6, 6.07) is 2.94. The number of nitrogens with zero attached hydrogens (tertiary/aromatic N) is 1. The summed E-state index contributed by atoms with van der Waals surface area (Å²) in [5, 5.41) is 3.12. The number of halogens is 3. The lowest BCUT2D eigenvalue weighted by atomic mass is 10.1. The molecule has 0 unspecified atom stereocenters. The predicted octanol–water partition coefficient (Wildman–Crippen LogP) is 4.19. The molecular weight excluding hydrogens is 302 g/mol. The molecule has 2 aromatic rings. The molecule has 0 amide bonds. The molecule has 94 valence electrons. The average Bonchev–Trinajstić information content (AvgIpc) is 3.18. The fourth-order valence-electron chi connectivity index (χ4n) is 2.11. The highest BCUT2D eigenvalue weighted by molar-refractivity contribution is 9.10. The summed E-state index contributed by atoms with van der Waals surface area (Å²) in [4.78, 5) is 4.27. The smallest absolute Gasteiger partial charge is 0.150 e. The van der Waals surface area contributed by atoms with Crippen molar-refractivity contribution in [2.75, 3.05) is 12.4 Å². The number of hydrogen-bond donors (Lipinski definition) is 1.